The van der Waals surface area contributed by atoms with Crippen molar-refractivity contribution in [2.75, 3.05) is 12.0 Å². The molecular weight excluding hydrogens is 332 g/mol. The molecule has 0 aliphatic rings. The summed E-state index contributed by atoms with van der Waals surface area (Å²) in [6.07, 6.45) is 2.70. The fraction of sp³-hybridized carbons (Fsp3) is 0.500. The summed E-state index contributed by atoms with van der Waals surface area (Å²) >= 11 is 1.70. The first kappa shape index (κ1) is 19.8. The number of carbonyl (C=O) groups is 1. The smallest absolute Gasteiger partial charge is 0.237 e. The highest BCUT2D eigenvalue weighted by molar-refractivity contribution is 7.98. The van der Waals surface area contributed by atoms with Crippen molar-refractivity contribution in [1.29, 1.82) is 0 Å². The van der Waals surface area contributed by atoms with Gasteiger partial charge >= 0.3 is 0 Å². The topological polar surface area (TPSA) is 72.9 Å². The third-order valence-corrected chi connectivity index (χ3v) is 4.36. The molecule has 1 heterocycles. The summed E-state index contributed by atoms with van der Waals surface area (Å²) in [5.41, 5.74) is 7.96. The van der Waals surface area contributed by atoms with E-state index in [-0.39, 0.29) is 24.4 Å². The molecule has 3 N–H and O–H groups in total. The maximum atomic E-state index is 12.2. The number of imidazole rings is 1. The summed E-state index contributed by atoms with van der Waals surface area (Å²) in [5, 5.41) is 2.98. The van der Waals surface area contributed by atoms with E-state index in [1.54, 1.807) is 11.8 Å². The number of halogens is 1. The monoisotopic (exact) mass is 356 g/mol. The summed E-state index contributed by atoms with van der Waals surface area (Å²) < 4.78 is 2.13. The van der Waals surface area contributed by atoms with Gasteiger partial charge in [-0.25, -0.2) is 4.98 Å². The van der Waals surface area contributed by atoms with Gasteiger partial charge in [-0.15, -0.1) is 12.4 Å². The van der Waals surface area contributed by atoms with Crippen molar-refractivity contribution < 1.29 is 4.79 Å². The number of nitrogens with one attached hydrogen (secondary N) is 1. The largest absolute Gasteiger partial charge is 0.345 e. The summed E-state index contributed by atoms with van der Waals surface area (Å²) in [5.74, 6) is 1.64. The number of fused-ring (bicyclic) bond motifs is 1. The quantitative estimate of drug-likeness (QED) is 0.800. The first-order valence-electron chi connectivity index (χ1n) is 7.58. The average molecular weight is 357 g/mol. The molecule has 0 saturated heterocycles. The van der Waals surface area contributed by atoms with Crippen molar-refractivity contribution in [2.45, 2.75) is 38.9 Å². The number of rotatable bonds is 7. The maximum absolute atomic E-state index is 12.2. The molecule has 0 spiro atoms. The minimum atomic E-state index is -0.464. The highest BCUT2D eigenvalue weighted by Crippen LogP contribution is 2.20. The van der Waals surface area contributed by atoms with Gasteiger partial charge in [0.15, 0.2) is 0 Å². The van der Waals surface area contributed by atoms with E-state index >= 15 is 0 Å². The number of para-hydroxylation sites is 2. The number of nitrogens with zero attached hydrogens (tertiary/aromatic N) is 2. The number of benzene rings is 1. The van der Waals surface area contributed by atoms with Crippen LogP contribution in [0.3, 0.4) is 0 Å². The highest BCUT2D eigenvalue weighted by atomic mass is 35.5. The van der Waals surface area contributed by atoms with Crippen LogP contribution in [0.2, 0.25) is 0 Å². The normalized spacial score (nSPS) is 13.4. The Kier molecular flexibility index (Phi) is 7.88. The van der Waals surface area contributed by atoms with Crippen LogP contribution >= 0.6 is 24.2 Å². The third-order valence-electron chi connectivity index (χ3n) is 3.72. The second kappa shape index (κ2) is 9.15. The van der Waals surface area contributed by atoms with Crippen LogP contribution in [0.1, 0.15) is 32.1 Å². The molecular formula is C16H25ClN4OS. The van der Waals surface area contributed by atoms with Gasteiger partial charge in [0.2, 0.25) is 5.91 Å². The predicted octanol–water partition coefficient (Wildman–Crippen LogP) is 2.74. The molecule has 2 rings (SSSR count). The van der Waals surface area contributed by atoms with E-state index in [9.17, 15) is 4.79 Å². The molecule has 0 saturated carbocycles. The van der Waals surface area contributed by atoms with Gasteiger partial charge in [0.25, 0.3) is 0 Å². The fourth-order valence-electron chi connectivity index (χ4n) is 2.52. The molecule has 2 aromatic rings. The minimum absolute atomic E-state index is 0. The molecule has 1 aromatic carbocycles. The molecule has 2 atom stereocenters. The van der Waals surface area contributed by atoms with Crippen LogP contribution < -0.4 is 11.1 Å². The van der Waals surface area contributed by atoms with Crippen molar-refractivity contribution >= 4 is 41.1 Å². The van der Waals surface area contributed by atoms with Crippen LogP contribution in [0.5, 0.6) is 0 Å². The van der Waals surface area contributed by atoms with Crippen LogP contribution in [0.4, 0.5) is 0 Å². The molecule has 1 aromatic heterocycles. The number of thioether (sulfide) groups is 1. The van der Waals surface area contributed by atoms with E-state index in [0.717, 1.165) is 29.2 Å². The Labute approximate surface area is 147 Å². The summed E-state index contributed by atoms with van der Waals surface area (Å²) in [4.78, 5) is 16.8. The zero-order chi connectivity index (χ0) is 16.1. The predicted molar refractivity (Wildman–Crippen MR) is 100 cm³/mol. The van der Waals surface area contributed by atoms with Gasteiger partial charge in [-0.1, -0.05) is 12.1 Å². The van der Waals surface area contributed by atoms with Crippen LogP contribution in [-0.4, -0.2) is 33.5 Å². The van der Waals surface area contributed by atoms with Gasteiger partial charge in [-0.3, -0.25) is 4.79 Å². The Hall–Kier alpha value is -1.24. The Morgan fingerprint density at radius 2 is 2.13 bits per heavy atom. The molecule has 0 aliphatic carbocycles. The number of nitrogens with two attached hydrogens (primary N) is 1. The molecule has 5 nitrogen and oxygen atoms in total. The molecule has 23 heavy (non-hydrogen) atoms. The van der Waals surface area contributed by atoms with Gasteiger partial charge in [0, 0.05) is 6.54 Å². The van der Waals surface area contributed by atoms with Gasteiger partial charge in [-0.2, -0.15) is 11.8 Å². The van der Waals surface area contributed by atoms with E-state index in [1.165, 1.54) is 0 Å². The van der Waals surface area contributed by atoms with Crippen molar-refractivity contribution in [2.24, 2.45) is 5.73 Å². The number of aryl methyl sites for hydroxylation is 1. The Morgan fingerprint density at radius 3 is 2.78 bits per heavy atom. The summed E-state index contributed by atoms with van der Waals surface area (Å²) in [7, 11) is 0. The fourth-order valence-corrected chi connectivity index (χ4v) is 3.01. The summed E-state index contributed by atoms with van der Waals surface area (Å²) in [6, 6.07) is 7.38. The molecule has 1 unspecified atom stereocenters. The lowest BCUT2D eigenvalue weighted by molar-refractivity contribution is -0.123. The number of amides is 1. The SMILES string of the molecule is CCn1c(C(C)NC(=O)[C@@H](N)CCSC)nc2ccccc21.Cl. The van der Waals surface area contributed by atoms with Crippen molar-refractivity contribution in [1.82, 2.24) is 14.9 Å². The molecule has 1 amide bonds. The molecule has 0 radical (unpaired) electrons. The van der Waals surface area contributed by atoms with E-state index in [2.05, 4.69) is 21.8 Å². The minimum Gasteiger partial charge on any atom is -0.345 e. The highest BCUT2D eigenvalue weighted by Gasteiger charge is 2.20. The van der Waals surface area contributed by atoms with E-state index in [4.69, 9.17) is 5.73 Å². The molecule has 0 aliphatic heterocycles. The zero-order valence-electron chi connectivity index (χ0n) is 13.8. The maximum Gasteiger partial charge on any atom is 0.237 e. The van der Waals surface area contributed by atoms with Crippen LogP contribution in [0.15, 0.2) is 24.3 Å². The lowest BCUT2D eigenvalue weighted by atomic mass is 10.2. The van der Waals surface area contributed by atoms with Gasteiger partial charge in [0.05, 0.1) is 23.1 Å². The molecule has 7 heteroatoms. The van der Waals surface area contributed by atoms with Crippen molar-refractivity contribution in [3.8, 4) is 0 Å². The van der Waals surface area contributed by atoms with E-state index in [0.29, 0.717) is 6.42 Å². The molecule has 0 fully saturated rings. The van der Waals surface area contributed by atoms with E-state index < -0.39 is 6.04 Å². The standard InChI is InChI=1S/C16H24N4OS.ClH/c1-4-20-14-8-6-5-7-13(14)19-15(20)11(2)18-16(21)12(17)9-10-22-3;/h5-8,11-12H,4,9-10,17H2,1-3H3,(H,18,21);1H/t11?,12-;/m0./s1. The van der Waals surface area contributed by atoms with Crippen molar-refractivity contribution in [3.63, 3.8) is 0 Å². The second-order valence-electron chi connectivity index (χ2n) is 5.32. The third kappa shape index (κ3) is 4.62. The zero-order valence-corrected chi connectivity index (χ0v) is 15.4. The molecule has 0 bridgehead atoms. The Morgan fingerprint density at radius 1 is 1.43 bits per heavy atom. The second-order valence-corrected chi connectivity index (χ2v) is 6.31. The summed E-state index contributed by atoms with van der Waals surface area (Å²) in [6.45, 7) is 4.84. The molecule has 128 valence electrons. The lowest BCUT2D eigenvalue weighted by Gasteiger charge is -2.18. The van der Waals surface area contributed by atoms with Crippen LogP contribution in [0.25, 0.3) is 11.0 Å². The number of hydrogen-bond acceptors (Lipinski definition) is 4. The number of aromatic nitrogens is 2. The number of hydrogen-bond donors (Lipinski definition) is 2. The van der Waals surface area contributed by atoms with Crippen LogP contribution in [0, 0.1) is 0 Å². The Balaban J connectivity index is 0.00000264. The Bertz CT molecular complexity index is 646. The van der Waals surface area contributed by atoms with Gasteiger partial charge in [0.1, 0.15) is 5.82 Å². The lowest BCUT2D eigenvalue weighted by Crippen LogP contribution is -2.42. The van der Waals surface area contributed by atoms with Crippen molar-refractivity contribution in [3.05, 3.63) is 30.1 Å². The van der Waals surface area contributed by atoms with Gasteiger partial charge < -0.3 is 15.6 Å². The average Bonchev–Trinajstić information content (AvgIpc) is 2.91. The van der Waals surface area contributed by atoms with E-state index in [1.807, 2.05) is 37.4 Å². The van der Waals surface area contributed by atoms with Crippen LogP contribution in [-0.2, 0) is 11.3 Å². The number of carbonyl (C=O) groups excluding carboxylic acids is 1. The van der Waals surface area contributed by atoms with Gasteiger partial charge in [-0.05, 0) is 44.4 Å². The first-order chi connectivity index (χ1) is 10.6. The first-order valence-corrected chi connectivity index (χ1v) is 8.97.